The van der Waals surface area contributed by atoms with Crippen molar-refractivity contribution in [3.8, 4) is 5.75 Å². The van der Waals surface area contributed by atoms with E-state index in [-0.39, 0.29) is 19.3 Å². The molecule has 0 aromatic heterocycles. The van der Waals surface area contributed by atoms with Gasteiger partial charge >= 0.3 is 18.0 Å². The lowest BCUT2D eigenvalue weighted by Crippen LogP contribution is -2.46. The van der Waals surface area contributed by atoms with Crippen LogP contribution in [0.15, 0.2) is 54.6 Å². The van der Waals surface area contributed by atoms with E-state index in [1.807, 2.05) is 54.6 Å². The molecule has 1 saturated carbocycles. The van der Waals surface area contributed by atoms with E-state index in [4.69, 9.17) is 23.7 Å². The molecule has 3 rings (SSSR count). The first kappa shape index (κ1) is 30.9. The van der Waals surface area contributed by atoms with Crippen LogP contribution in [0.2, 0.25) is 0 Å². The second-order valence-corrected chi connectivity index (χ2v) is 11.0. The van der Waals surface area contributed by atoms with Crippen LogP contribution in [-0.2, 0) is 40.6 Å². The highest BCUT2D eigenvalue weighted by Gasteiger charge is 2.77. The second-order valence-electron chi connectivity index (χ2n) is 11.0. The van der Waals surface area contributed by atoms with Crippen LogP contribution in [0.5, 0.6) is 5.75 Å². The molecule has 1 amide bonds. The number of carbonyl (C=O) groups is 3. The number of hydrogen-bond donors (Lipinski definition) is 1. The number of ether oxygens (including phenoxy) is 5. The van der Waals surface area contributed by atoms with E-state index in [1.165, 1.54) is 14.2 Å². The first-order chi connectivity index (χ1) is 19.0. The van der Waals surface area contributed by atoms with Crippen molar-refractivity contribution < 1.29 is 38.1 Å². The van der Waals surface area contributed by atoms with Gasteiger partial charge in [0, 0.05) is 24.4 Å². The van der Waals surface area contributed by atoms with Gasteiger partial charge in [-0.1, -0.05) is 42.5 Å². The minimum Gasteiger partial charge on any atom is -0.497 e. The lowest BCUT2D eigenvalue weighted by atomic mass is 9.84. The first-order valence-electron chi connectivity index (χ1n) is 13.4. The largest absolute Gasteiger partial charge is 0.497 e. The Hall–Kier alpha value is -3.59. The molecule has 1 aliphatic rings. The third-order valence-corrected chi connectivity index (χ3v) is 7.51. The van der Waals surface area contributed by atoms with Crippen molar-refractivity contribution in [1.82, 2.24) is 5.32 Å². The van der Waals surface area contributed by atoms with E-state index < -0.39 is 40.5 Å². The molecule has 1 fully saturated rings. The predicted molar refractivity (Wildman–Crippen MR) is 149 cm³/mol. The molecule has 1 aliphatic carbocycles. The molecule has 0 spiro atoms. The molecule has 9 nitrogen and oxygen atoms in total. The van der Waals surface area contributed by atoms with Crippen LogP contribution in [-0.4, -0.2) is 57.1 Å². The van der Waals surface area contributed by atoms with E-state index in [2.05, 4.69) is 5.32 Å². The average Bonchev–Trinajstić information content (AvgIpc) is 3.47. The quantitative estimate of drug-likeness (QED) is 0.210. The summed E-state index contributed by atoms with van der Waals surface area (Å²) in [5.41, 5.74) is -0.691. The fourth-order valence-electron chi connectivity index (χ4n) is 5.73. The van der Waals surface area contributed by atoms with E-state index in [1.54, 1.807) is 27.9 Å². The topological polar surface area (TPSA) is 109 Å². The molecule has 2 aromatic carbocycles. The highest BCUT2D eigenvalue weighted by molar-refractivity contribution is 5.76. The molecular formula is C31H41NO8. The third kappa shape index (κ3) is 7.13. The number of hydrogen-bond acceptors (Lipinski definition) is 8. The maximum absolute atomic E-state index is 13.3. The Kier molecular flexibility index (Phi) is 10.2. The van der Waals surface area contributed by atoms with Gasteiger partial charge in [-0.2, -0.15) is 0 Å². The third-order valence-electron chi connectivity index (χ3n) is 7.51. The SMILES string of the molecule is COC(=O)CC[C@@]1(NC(=O)OC(C)(C)C)[C@@H](CC(=O)OC)[C@]1(CCOCc1ccccc1)c1cccc(OC)c1. The molecule has 218 valence electrons. The number of methoxy groups -OCH3 is 3. The number of carbonyl (C=O) groups excluding carboxylic acids is 3. The van der Waals surface area contributed by atoms with E-state index in [9.17, 15) is 14.4 Å². The van der Waals surface area contributed by atoms with Crippen molar-refractivity contribution >= 4 is 18.0 Å². The minimum atomic E-state index is -1.03. The summed E-state index contributed by atoms with van der Waals surface area (Å²) in [6.45, 7) is 6.07. The zero-order valence-electron chi connectivity index (χ0n) is 24.3. The number of rotatable bonds is 13. The average molecular weight is 556 g/mol. The Morgan fingerprint density at radius 1 is 0.900 bits per heavy atom. The number of benzene rings is 2. The van der Waals surface area contributed by atoms with Crippen molar-refractivity contribution in [2.75, 3.05) is 27.9 Å². The fraction of sp³-hybridized carbons (Fsp3) is 0.516. The van der Waals surface area contributed by atoms with Crippen LogP contribution in [0.3, 0.4) is 0 Å². The van der Waals surface area contributed by atoms with Crippen molar-refractivity contribution in [3.63, 3.8) is 0 Å². The van der Waals surface area contributed by atoms with Crippen LogP contribution >= 0.6 is 0 Å². The Bertz CT molecular complexity index is 1160. The first-order valence-corrected chi connectivity index (χ1v) is 13.4. The molecule has 0 unspecified atom stereocenters. The number of esters is 2. The molecule has 9 heteroatoms. The minimum absolute atomic E-state index is 0.0172. The lowest BCUT2D eigenvalue weighted by molar-refractivity contribution is -0.141. The van der Waals surface area contributed by atoms with Crippen molar-refractivity contribution in [1.29, 1.82) is 0 Å². The van der Waals surface area contributed by atoms with Crippen LogP contribution < -0.4 is 10.1 Å². The summed E-state index contributed by atoms with van der Waals surface area (Å²) in [7, 11) is 4.23. The van der Waals surface area contributed by atoms with E-state index in [0.29, 0.717) is 25.4 Å². The van der Waals surface area contributed by atoms with Gasteiger partial charge in [0.25, 0.3) is 0 Å². The van der Waals surface area contributed by atoms with Gasteiger partial charge in [-0.15, -0.1) is 0 Å². The standard InChI is InChI=1S/C31H41NO8/c1-29(2,3)40-28(35)32-31(16-15-26(33)37-5)25(20-27(34)38-6)30(31,23-13-10-14-24(19-23)36-4)17-18-39-21-22-11-8-7-9-12-22/h7-14,19,25H,15-18,20-21H2,1-6H3,(H,32,35)/t25-,30-,31+/m0/s1. The molecular weight excluding hydrogens is 514 g/mol. The normalized spacial score (nSPS) is 21.7. The van der Waals surface area contributed by atoms with Crippen molar-refractivity contribution in [3.05, 3.63) is 65.7 Å². The van der Waals surface area contributed by atoms with Gasteiger partial charge in [0.1, 0.15) is 11.4 Å². The molecule has 0 saturated heterocycles. The monoisotopic (exact) mass is 555 g/mol. The van der Waals surface area contributed by atoms with Gasteiger partial charge < -0.3 is 29.0 Å². The zero-order valence-corrected chi connectivity index (χ0v) is 24.3. The number of alkyl carbamates (subject to hydrolysis) is 1. The lowest BCUT2D eigenvalue weighted by Gasteiger charge is -2.29. The van der Waals surface area contributed by atoms with Gasteiger partial charge in [-0.3, -0.25) is 9.59 Å². The van der Waals surface area contributed by atoms with Crippen LogP contribution in [0.4, 0.5) is 4.79 Å². The predicted octanol–water partition coefficient (Wildman–Crippen LogP) is 4.95. The molecule has 0 bridgehead atoms. The summed E-state index contributed by atoms with van der Waals surface area (Å²) in [5.74, 6) is -0.635. The van der Waals surface area contributed by atoms with Gasteiger partial charge in [-0.05, 0) is 56.9 Å². The summed E-state index contributed by atoms with van der Waals surface area (Å²) >= 11 is 0. The molecule has 2 aromatic rings. The van der Waals surface area contributed by atoms with E-state index in [0.717, 1.165) is 11.1 Å². The van der Waals surface area contributed by atoms with Gasteiger partial charge in [0.15, 0.2) is 0 Å². The highest BCUT2D eigenvalue weighted by atomic mass is 16.6. The van der Waals surface area contributed by atoms with Crippen molar-refractivity contribution in [2.45, 2.75) is 69.6 Å². The molecule has 0 aliphatic heterocycles. The maximum Gasteiger partial charge on any atom is 0.408 e. The number of amides is 1. The fourth-order valence-corrected chi connectivity index (χ4v) is 5.73. The summed E-state index contributed by atoms with van der Waals surface area (Å²) < 4.78 is 27.3. The smallest absolute Gasteiger partial charge is 0.408 e. The highest BCUT2D eigenvalue weighted by Crippen LogP contribution is 2.69. The summed E-state index contributed by atoms with van der Waals surface area (Å²) in [4.78, 5) is 38.3. The van der Waals surface area contributed by atoms with Crippen molar-refractivity contribution in [2.24, 2.45) is 5.92 Å². The van der Waals surface area contributed by atoms with Crippen LogP contribution in [0.1, 0.15) is 57.6 Å². The van der Waals surface area contributed by atoms with Gasteiger partial charge in [0.2, 0.25) is 0 Å². The molecule has 1 N–H and O–H groups in total. The zero-order chi connectivity index (χ0) is 29.4. The molecule has 3 atom stereocenters. The molecule has 0 radical (unpaired) electrons. The van der Waals surface area contributed by atoms with Crippen LogP contribution in [0.25, 0.3) is 0 Å². The number of nitrogens with one attached hydrogen (secondary N) is 1. The Morgan fingerprint density at radius 3 is 2.23 bits per heavy atom. The summed E-state index contributed by atoms with van der Waals surface area (Å²) in [6.07, 6.45) is 0.0775. The maximum atomic E-state index is 13.3. The summed E-state index contributed by atoms with van der Waals surface area (Å²) in [6, 6.07) is 17.4. The van der Waals surface area contributed by atoms with Crippen LogP contribution in [0, 0.1) is 5.92 Å². The molecule has 40 heavy (non-hydrogen) atoms. The van der Waals surface area contributed by atoms with E-state index >= 15 is 0 Å². The van der Waals surface area contributed by atoms with Gasteiger partial charge in [-0.25, -0.2) is 4.79 Å². The second kappa shape index (κ2) is 13.2. The van der Waals surface area contributed by atoms with Gasteiger partial charge in [0.05, 0.1) is 39.9 Å². The molecule has 0 heterocycles. The summed E-state index contributed by atoms with van der Waals surface area (Å²) in [5, 5.41) is 3.10. The Labute approximate surface area is 236 Å². The Balaban J connectivity index is 2.06. The Morgan fingerprint density at radius 2 is 1.60 bits per heavy atom.